The van der Waals surface area contributed by atoms with Gasteiger partial charge in [-0.15, -0.1) is 0 Å². The van der Waals surface area contributed by atoms with Crippen molar-refractivity contribution in [3.8, 4) is 0 Å². The zero-order chi connectivity index (χ0) is 7.98. The van der Waals surface area contributed by atoms with Crippen molar-refractivity contribution in [3.05, 3.63) is 0 Å². The van der Waals surface area contributed by atoms with E-state index in [0.29, 0.717) is 13.0 Å². The van der Waals surface area contributed by atoms with E-state index in [1.54, 1.807) is 0 Å². The number of hydrogen-bond donors (Lipinski definition) is 0. The molecule has 1 atom stereocenters. The third kappa shape index (κ3) is 4.79. The van der Waals surface area contributed by atoms with E-state index in [1.807, 2.05) is 13.8 Å². The third-order valence-corrected chi connectivity index (χ3v) is 2.11. The minimum Gasteiger partial charge on any atom is -0.466 e. The minimum atomic E-state index is -0.119. The van der Waals surface area contributed by atoms with Gasteiger partial charge in [0.2, 0.25) is 0 Å². The van der Waals surface area contributed by atoms with Gasteiger partial charge in [-0.3, -0.25) is 4.79 Å². The molecule has 0 saturated carbocycles. The SMILES string of the molecule is CCOC(=O)C[C@@H](Br)CC. The Bertz CT molecular complexity index is 104. The molecule has 2 nitrogen and oxygen atoms in total. The summed E-state index contributed by atoms with van der Waals surface area (Å²) < 4.78 is 4.75. The van der Waals surface area contributed by atoms with Gasteiger partial charge in [-0.05, 0) is 13.3 Å². The highest BCUT2D eigenvalue weighted by Gasteiger charge is 2.07. The fourth-order valence-corrected chi connectivity index (χ4v) is 0.809. The molecule has 0 N–H and O–H groups in total. The Kier molecular flexibility index (Phi) is 5.69. The monoisotopic (exact) mass is 208 g/mol. The molecule has 3 heteroatoms. The van der Waals surface area contributed by atoms with Crippen molar-refractivity contribution >= 4 is 21.9 Å². The summed E-state index contributed by atoms with van der Waals surface area (Å²) in [5, 5.41) is 0. The molecule has 0 fully saturated rings. The van der Waals surface area contributed by atoms with Crippen LogP contribution in [0.25, 0.3) is 0 Å². The second-order valence-corrected chi connectivity index (χ2v) is 3.31. The van der Waals surface area contributed by atoms with Crippen molar-refractivity contribution in [2.45, 2.75) is 31.5 Å². The highest BCUT2D eigenvalue weighted by atomic mass is 79.9. The van der Waals surface area contributed by atoms with Gasteiger partial charge in [0.05, 0.1) is 13.0 Å². The summed E-state index contributed by atoms with van der Waals surface area (Å²) in [6.45, 7) is 4.31. The summed E-state index contributed by atoms with van der Waals surface area (Å²) >= 11 is 3.35. The molecule has 0 aromatic heterocycles. The van der Waals surface area contributed by atoms with E-state index in [4.69, 9.17) is 4.74 Å². The van der Waals surface area contributed by atoms with Crippen molar-refractivity contribution < 1.29 is 9.53 Å². The van der Waals surface area contributed by atoms with E-state index in [0.717, 1.165) is 6.42 Å². The molecule has 0 spiro atoms. The summed E-state index contributed by atoms with van der Waals surface area (Å²) in [5.41, 5.74) is 0. The molecule has 0 aliphatic rings. The lowest BCUT2D eigenvalue weighted by Crippen LogP contribution is -2.09. The molecule has 0 aliphatic heterocycles. The predicted octanol–water partition coefficient (Wildman–Crippen LogP) is 2.11. The van der Waals surface area contributed by atoms with E-state index < -0.39 is 0 Å². The molecule has 0 aromatic rings. The Labute approximate surface area is 70.1 Å². The fraction of sp³-hybridized carbons (Fsp3) is 0.857. The Morgan fingerprint density at radius 3 is 2.60 bits per heavy atom. The first kappa shape index (κ1) is 9.95. The van der Waals surface area contributed by atoms with Crippen LogP contribution in [0.3, 0.4) is 0 Å². The van der Waals surface area contributed by atoms with Crippen LogP contribution >= 0.6 is 15.9 Å². The maximum atomic E-state index is 10.8. The lowest BCUT2D eigenvalue weighted by atomic mass is 10.2. The van der Waals surface area contributed by atoms with Crippen LogP contribution in [0, 0.1) is 0 Å². The van der Waals surface area contributed by atoms with E-state index >= 15 is 0 Å². The average molecular weight is 209 g/mol. The smallest absolute Gasteiger partial charge is 0.306 e. The average Bonchev–Trinajstić information content (AvgIpc) is 1.88. The first-order valence-corrected chi connectivity index (χ1v) is 4.42. The largest absolute Gasteiger partial charge is 0.466 e. The van der Waals surface area contributed by atoms with E-state index in [1.165, 1.54) is 0 Å². The van der Waals surface area contributed by atoms with E-state index in [-0.39, 0.29) is 10.8 Å². The topological polar surface area (TPSA) is 26.3 Å². The normalized spacial score (nSPS) is 12.7. The summed E-state index contributed by atoms with van der Waals surface area (Å²) in [4.78, 5) is 11.0. The van der Waals surface area contributed by atoms with Crippen LogP contribution in [0.4, 0.5) is 0 Å². The zero-order valence-electron chi connectivity index (χ0n) is 6.39. The van der Waals surface area contributed by atoms with Crippen LogP contribution in [-0.4, -0.2) is 17.4 Å². The first-order valence-electron chi connectivity index (χ1n) is 3.50. The lowest BCUT2D eigenvalue weighted by Gasteiger charge is -2.04. The number of alkyl halides is 1. The van der Waals surface area contributed by atoms with Gasteiger partial charge in [0.1, 0.15) is 0 Å². The number of rotatable bonds is 4. The Hall–Kier alpha value is -0.0500. The number of carbonyl (C=O) groups is 1. The molecular weight excluding hydrogens is 196 g/mol. The standard InChI is InChI=1S/C7H13BrO2/c1-3-6(8)5-7(9)10-4-2/h6H,3-5H2,1-2H3/t6-/m0/s1. The summed E-state index contributed by atoms with van der Waals surface area (Å²) in [7, 11) is 0. The van der Waals surface area contributed by atoms with Gasteiger partial charge < -0.3 is 4.74 Å². The molecule has 0 amide bonds. The highest BCUT2D eigenvalue weighted by molar-refractivity contribution is 9.09. The Balaban J connectivity index is 3.37. The Morgan fingerprint density at radius 2 is 2.20 bits per heavy atom. The van der Waals surface area contributed by atoms with Crippen LogP contribution in [0.15, 0.2) is 0 Å². The van der Waals surface area contributed by atoms with Crippen molar-refractivity contribution in [2.24, 2.45) is 0 Å². The molecule has 60 valence electrons. The summed E-state index contributed by atoms with van der Waals surface area (Å²) in [6.07, 6.45) is 1.43. The van der Waals surface area contributed by atoms with Gasteiger partial charge in [-0.25, -0.2) is 0 Å². The van der Waals surface area contributed by atoms with Crippen LogP contribution in [0.5, 0.6) is 0 Å². The van der Waals surface area contributed by atoms with Crippen LogP contribution in [0.2, 0.25) is 0 Å². The molecule has 0 aliphatic carbocycles. The van der Waals surface area contributed by atoms with Gasteiger partial charge in [0.25, 0.3) is 0 Å². The molecule has 0 bridgehead atoms. The van der Waals surface area contributed by atoms with Crippen molar-refractivity contribution in [1.29, 1.82) is 0 Å². The van der Waals surface area contributed by atoms with E-state index in [2.05, 4.69) is 15.9 Å². The van der Waals surface area contributed by atoms with Crippen molar-refractivity contribution in [2.75, 3.05) is 6.61 Å². The van der Waals surface area contributed by atoms with Crippen molar-refractivity contribution in [3.63, 3.8) is 0 Å². The molecule has 0 radical (unpaired) electrons. The molecule has 0 unspecified atom stereocenters. The number of carbonyl (C=O) groups excluding carboxylic acids is 1. The quantitative estimate of drug-likeness (QED) is 0.523. The van der Waals surface area contributed by atoms with Gasteiger partial charge in [0, 0.05) is 4.83 Å². The summed E-state index contributed by atoms with van der Waals surface area (Å²) in [6, 6.07) is 0. The molecule has 0 rings (SSSR count). The molecule has 0 aromatic carbocycles. The molecule has 0 heterocycles. The highest BCUT2D eigenvalue weighted by Crippen LogP contribution is 2.09. The maximum Gasteiger partial charge on any atom is 0.306 e. The van der Waals surface area contributed by atoms with Crippen LogP contribution < -0.4 is 0 Å². The van der Waals surface area contributed by atoms with Gasteiger partial charge in [-0.2, -0.15) is 0 Å². The molecule has 10 heavy (non-hydrogen) atoms. The van der Waals surface area contributed by atoms with Crippen molar-refractivity contribution in [1.82, 2.24) is 0 Å². The number of ether oxygens (including phenoxy) is 1. The molecule has 0 saturated heterocycles. The third-order valence-electron chi connectivity index (χ3n) is 1.14. The first-order chi connectivity index (χ1) is 4.70. The number of halogens is 1. The lowest BCUT2D eigenvalue weighted by molar-refractivity contribution is -0.143. The number of esters is 1. The Morgan fingerprint density at radius 1 is 1.60 bits per heavy atom. The van der Waals surface area contributed by atoms with Gasteiger partial charge in [-0.1, -0.05) is 22.9 Å². The summed E-state index contributed by atoms with van der Waals surface area (Å²) in [5.74, 6) is -0.119. The molecular formula is C7H13BrO2. The van der Waals surface area contributed by atoms with Gasteiger partial charge >= 0.3 is 5.97 Å². The van der Waals surface area contributed by atoms with Crippen LogP contribution in [0.1, 0.15) is 26.7 Å². The zero-order valence-corrected chi connectivity index (χ0v) is 7.98. The number of hydrogen-bond acceptors (Lipinski definition) is 2. The van der Waals surface area contributed by atoms with E-state index in [9.17, 15) is 4.79 Å². The minimum absolute atomic E-state index is 0.119. The fourth-order valence-electron chi connectivity index (χ4n) is 0.545. The maximum absolute atomic E-state index is 10.8. The predicted molar refractivity (Wildman–Crippen MR) is 44.3 cm³/mol. The second-order valence-electron chi connectivity index (χ2n) is 2.01. The van der Waals surface area contributed by atoms with Gasteiger partial charge in [0.15, 0.2) is 0 Å². The second kappa shape index (κ2) is 5.71. The van der Waals surface area contributed by atoms with Crippen LogP contribution in [-0.2, 0) is 9.53 Å².